The number of hydrogen-bond acceptors (Lipinski definition) is 3. The van der Waals surface area contributed by atoms with Crippen LogP contribution in [-0.2, 0) is 4.79 Å². The van der Waals surface area contributed by atoms with Gasteiger partial charge in [0, 0.05) is 24.3 Å². The summed E-state index contributed by atoms with van der Waals surface area (Å²) in [5.41, 5.74) is 3.95. The third kappa shape index (κ3) is 4.89. The highest BCUT2D eigenvalue weighted by atomic mass is 35.5. The van der Waals surface area contributed by atoms with Crippen molar-refractivity contribution in [1.82, 2.24) is 0 Å². The molecule has 0 spiro atoms. The molecule has 2 aromatic carbocycles. The molecular weight excluding hydrogens is 312 g/mol. The predicted octanol–water partition coefficient (Wildman–Crippen LogP) is 4.41. The monoisotopic (exact) mass is 332 g/mol. The molecule has 5 heteroatoms. The number of ether oxygens (including phenoxy) is 1. The maximum atomic E-state index is 12.0. The van der Waals surface area contributed by atoms with Gasteiger partial charge in [0.1, 0.15) is 5.75 Å². The topological polar surface area (TPSA) is 50.4 Å². The first kappa shape index (κ1) is 17.2. The minimum absolute atomic E-state index is 0.0240. The fourth-order valence-electron chi connectivity index (χ4n) is 2.26. The number of nitrogens with one attached hydrogen (secondary N) is 2. The Labute approximate surface area is 141 Å². The van der Waals surface area contributed by atoms with Crippen LogP contribution in [-0.4, -0.2) is 19.6 Å². The van der Waals surface area contributed by atoms with Crippen LogP contribution in [0, 0.1) is 13.8 Å². The van der Waals surface area contributed by atoms with Crippen LogP contribution in [0.15, 0.2) is 36.4 Å². The van der Waals surface area contributed by atoms with Crippen molar-refractivity contribution in [3.05, 3.63) is 52.5 Å². The first-order valence-electron chi connectivity index (χ1n) is 7.44. The van der Waals surface area contributed by atoms with Crippen LogP contribution in [0.25, 0.3) is 0 Å². The minimum Gasteiger partial charge on any atom is -0.495 e. The molecule has 0 aliphatic rings. The Hall–Kier alpha value is -2.20. The summed E-state index contributed by atoms with van der Waals surface area (Å²) in [5.74, 6) is 0.605. The molecule has 0 radical (unpaired) electrons. The summed E-state index contributed by atoms with van der Waals surface area (Å²) in [6.45, 7) is 4.54. The molecule has 0 atom stereocenters. The fraction of sp³-hybridized carbons (Fsp3) is 0.278. The van der Waals surface area contributed by atoms with E-state index in [4.69, 9.17) is 16.3 Å². The van der Waals surface area contributed by atoms with Crippen molar-refractivity contribution in [3.63, 3.8) is 0 Å². The molecule has 0 bridgehead atoms. The highest BCUT2D eigenvalue weighted by molar-refractivity contribution is 6.32. The van der Waals surface area contributed by atoms with Crippen molar-refractivity contribution in [3.8, 4) is 5.75 Å². The smallest absolute Gasteiger partial charge is 0.226 e. The molecule has 2 aromatic rings. The average molecular weight is 333 g/mol. The molecule has 23 heavy (non-hydrogen) atoms. The second-order valence-corrected chi connectivity index (χ2v) is 5.80. The molecule has 4 nitrogen and oxygen atoms in total. The lowest BCUT2D eigenvalue weighted by molar-refractivity contribution is -0.115. The quantitative estimate of drug-likeness (QED) is 0.824. The van der Waals surface area contributed by atoms with Gasteiger partial charge in [-0.3, -0.25) is 4.79 Å². The maximum absolute atomic E-state index is 12.0. The van der Waals surface area contributed by atoms with E-state index in [0.717, 1.165) is 16.9 Å². The van der Waals surface area contributed by atoms with Crippen LogP contribution in [0.4, 0.5) is 11.4 Å². The summed E-state index contributed by atoms with van der Waals surface area (Å²) in [6, 6.07) is 11.4. The molecule has 2 rings (SSSR count). The lowest BCUT2D eigenvalue weighted by Gasteiger charge is -2.11. The Bertz CT molecular complexity index is 701. The van der Waals surface area contributed by atoms with E-state index in [1.54, 1.807) is 19.2 Å². The zero-order valence-corrected chi connectivity index (χ0v) is 14.3. The molecule has 0 saturated carbocycles. The first-order valence-corrected chi connectivity index (χ1v) is 7.82. The van der Waals surface area contributed by atoms with E-state index in [2.05, 4.69) is 10.6 Å². The molecule has 2 N–H and O–H groups in total. The van der Waals surface area contributed by atoms with Gasteiger partial charge in [-0.05, 0) is 43.7 Å². The SMILES string of the molecule is COc1ccc(NCCC(=O)Nc2ccc(C)cc2C)cc1Cl. The summed E-state index contributed by atoms with van der Waals surface area (Å²) in [6.07, 6.45) is 0.372. The van der Waals surface area contributed by atoms with E-state index in [-0.39, 0.29) is 5.91 Å². The van der Waals surface area contributed by atoms with Gasteiger partial charge in [0.2, 0.25) is 5.91 Å². The van der Waals surface area contributed by atoms with Gasteiger partial charge < -0.3 is 15.4 Å². The molecule has 0 unspecified atom stereocenters. The summed E-state index contributed by atoms with van der Waals surface area (Å²) in [7, 11) is 1.58. The van der Waals surface area contributed by atoms with Gasteiger partial charge in [0.05, 0.1) is 12.1 Å². The summed E-state index contributed by atoms with van der Waals surface area (Å²) in [5, 5.41) is 6.64. The summed E-state index contributed by atoms with van der Waals surface area (Å²) < 4.78 is 5.10. The third-order valence-corrected chi connectivity index (χ3v) is 3.78. The van der Waals surface area contributed by atoms with Crippen LogP contribution in [0.5, 0.6) is 5.75 Å². The van der Waals surface area contributed by atoms with Gasteiger partial charge in [-0.1, -0.05) is 29.3 Å². The number of halogens is 1. The van der Waals surface area contributed by atoms with E-state index >= 15 is 0 Å². The lowest BCUT2D eigenvalue weighted by Crippen LogP contribution is -2.16. The standard InChI is InChI=1S/C18H21ClN2O2/c1-12-4-6-16(13(2)10-12)21-18(22)8-9-20-14-5-7-17(23-3)15(19)11-14/h4-7,10-11,20H,8-9H2,1-3H3,(H,21,22). The molecule has 0 aromatic heterocycles. The first-order chi connectivity index (χ1) is 11.0. The van der Waals surface area contributed by atoms with Crippen molar-refractivity contribution in [2.45, 2.75) is 20.3 Å². The van der Waals surface area contributed by atoms with Crippen LogP contribution in [0.3, 0.4) is 0 Å². The van der Waals surface area contributed by atoms with Gasteiger partial charge in [0.15, 0.2) is 0 Å². The van der Waals surface area contributed by atoms with E-state index in [0.29, 0.717) is 23.7 Å². The number of anilines is 2. The number of methoxy groups -OCH3 is 1. The van der Waals surface area contributed by atoms with Crippen LogP contribution in [0.1, 0.15) is 17.5 Å². The van der Waals surface area contributed by atoms with Crippen molar-refractivity contribution < 1.29 is 9.53 Å². The Balaban J connectivity index is 1.84. The zero-order chi connectivity index (χ0) is 16.8. The highest BCUT2D eigenvalue weighted by Gasteiger charge is 2.06. The lowest BCUT2D eigenvalue weighted by atomic mass is 10.1. The summed E-state index contributed by atoms with van der Waals surface area (Å²) in [4.78, 5) is 12.0. The molecule has 0 aliphatic carbocycles. The van der Waals surface area contributed by atoms with Crippen molar-refractivity contribution in [2.24, 2.45) is 0 Å². The van der Waals surface area contributed by atoms with Gasteiger partial charge in [-0.25, -0.2) is 0 Å². The normalized spacial score (nSPS) is 10.3. The van der Waals surface area contributed by atoms with Crippen LogP contribution in [0.2, 0.25) is 5.02 Å². The van der Waals surface area contributed by atoms with Crippen LogP contribution < -0.4 is 15.4 Å². The summed E-state index contributed by atoms with van der Waals surface area (Å²) >= 11 is 6.06. The second-order valence-electron chi connectivity index (χ2n) is 5.39. The van der Waals surface area contributed by atoms with Gasteiger partial charge in [-0.2, -0.15) is 0 Å². The average Bonchev–Trinajstić information content (AvgIpc) is 2.50. The second kappa shape index (κ2) is 7.88. The maximum Gasteiger partial charge on any atom is 0.226 e. The van der Waals surface area contributed by atoms with Gasteiger partial charge in [0.25, 0.3) is 0 Å². The molecule has 122 valence electrons. The molecule has 0 saturated heterocycles. The Morgan fingerprint density at radius 1 is 1.17 bits per heavy atom. The largest absolute Gasteiger partial charge is 0.495 e. The predicted molar refractivity (Wildman–Crippen MR) is 95.7 cm³/mol. The fourth-order valence-corrected chi connectivity index (χ4v) is 2.52. The van der Waals surface area contributed by atoms with E-state index in [1.165, 1.54) is 5.56 Å². The minimum atomic E-state index is -0.0240. The molecule has 1 amide bonds. The van der Waals surface area contributed by atoms with Crippen molar-refractivity contribution in [1.29, 1.82) is 0 Å². The van der Waals surface area contributed by atoms with Crippen LogP contribution >= 0.6 is 11.6 Å². The van der Waals surface area contributed by atoms with Gasteiger partial charge >= 0.3 is 0 Å². The van der Waals surface area contributed by atoms with Gasteiger partial charge in [-0.15, -0.1) is 0 Å². The number of amides is 1. The van der Waals surface area contributed by atoms with E-state index in [9.17, 15) is 4.79 Å². The Morgan fingerprint density at radius 3 is 2.61 bits per heavy atom. The van der Waals surface area contributed by atoms with Crippen molar-refractivity contribution in [2.75, 3.05) is 24.3 Å². The number of carbonyl (C=O) groups excluding carboxylic acids is 1. The molecule has 0 heterocycles. The van der Waals surface area contributed by atoms with E-state index < -0.39 is 0 Å². The number of hydrogen-bond donors (Lipinski definition) is 2. The third-order valence-electron chi connectivity index (χ3n) is 3.49. The van der Waals surface area contributed by atoms with Crippen molar-refractivity contribution >= 4 is 28.9 Å². The number of carbonyl (C=O) groups is 1. The Morgan fingerprint density at radius 2 is 1.96 bits per heavy atom. The zero-order valence-electron chi connectivity index (χ0n) is 13.6. The van der Waals surface area contributed by atoms with E-state index in [1.807, 2.05) is 38.1 Å². The highest BCUT2D eigenvalue weighted by Crippen LogP contribution is 2.27. The number of benzene rings is 2. The molecular formula is C18H21ClN2O2. The number of rotatable bonds is 6. The molecule has 0 aliphatic heterocycles. The Kier molecular flexibility index (Phi) is 5.88. The molecule has 0 fully saturated rings. The number of aryl methyl sites for hydroxylation is 2.